The van der Waals surface area contributed by atoms with Gasteiger partial charge >= 0.3 is 5.69 Å². The van der Waals surface area contributed by atoms with Crippen LogP contribution in [0.4, 0.5) is 0 Å². The Morgan fingerprint density at radius 1 is 1.35 bits per heavy atom. The fourth-order valence-corrected chi connectivity index (χ4v) is 2.81. The number of morpholine rings is 1. The molecule has 0 aliphatic carbocycles. The summed E-state index contributed by atoms with van der Waals surface area (Å²) in [6.07, 6.45) is 1.42. The van der Waals surface area contributed by atoms with Gasteiger partial charge in [-0.15, -0.1) is 0 Å². The number of nitrogens with zero attached hydrogens (tertiary/aromatic N) is 5. The number of ether oxygens (including phenoxy) is 1. The molecule has 1 aliphatic rings. The van der Waals surface area contributed by atoms with Gasteiger partial charge in [0.2, 0.25) is 5.91 Å². The van der Waals surface area contributed by atoms with Crippen molar-refractivity contribution in [3.63, 3.8) is 0 Å². The molecule has 1 saturated heterocycles. The first-order valence-corrected chi connectivity index (χ1v) is 7.40. The zero-order valence-electron chi connectivity index (χ0n) is 13.4. The van der Waals surface area contributed by atoms with E-state index in [0.717, 1.165) is 4.57 Å². The number of aryl methyl sites for hydroxylation is 1. The van der Waals surface area contributed by atoms with Crippen molar-refractivity contribution >= 4 is 17.1 Å². The van der Waals surface area contributed by atoms with E-state index in [1.807, 2.05) is 6.92 Å². The van der Waals surface area contributed by atoms with Gasteiger partial charge in [0.15, 0.2) is 11.2 Å². The molecule has 0 unspecified atom stereocenters. The van der Waals surface area contributed by atoms with Gasteiger partial charge in [0, 0.05) is 27.2 Å². The molecular formula is C14H19N5O4. The Morgan fingerprint density at radius 2 is 2.09 bits per heavy atom. The molecule has 2 aromatic heterocycles. The van der Waals surface area contributed by atoms with Gasteiger partial charge in [-0.1, -0.05) is 0 Å². The molecule has 1 atom stereocenters. The molecule has 1 aliphatic heterocycles. The molecule has 3 heterocycles. The van der Waals surface area contributed by atoms with Crippen LogP contribution >= 0.6 is 0 Å². The average molecular weight is 321 g/mol. The Morgan fingerprint density at radius 3 is 2.78 bits per heavy atom. The summed E-state index contributed by atoms with van der Waals surface area (Å²) >= 11 is 0. The van der Waals surface area contributed by atoms with Crippen LogP contribution in [0.1, 0.15) is 6.92 Å². The van der Waals surface area contributed by atoms with Crippen LogP contribution in [-0.4, -0.2) is 55.3 Å². The van der Waals surface area contributed by atoms with Crippen LogP contribution in [0.15, 0.2) is 15.9 Å². The quantitative estimate of drug-likeness (QED) is 0.684. The third-order valence-corrected chi connectivity index (χ3v) is 4.12. The number of aromatic nitrogens is 4. The van der Waals surface area contributed by atoms with Crippen molar-refractivity contribution in [3.8, 4) is 0 Å². The number of fused-ring (bicyclic) bond motifs is 1. The van der Waals surface area contributed by atoms with Gasteiger partial charge in [0.25, 0.3) is 5.56 Å². The van der Waals surface area contributed by atoms with Crippen LogP contribution < -0.4 is 11.2 Å². The van der Waals surface area contributed by atoms with E-state index in [0.29, 0.717) is 19.7 Å². The van der Waals surface area contributed by atoms with Crippen molar-refractivity contribution in [2.24, 2.45) is 14.1 Å². The van der Waals surface area contributed by atoms with Crippen LogP contribution in [0, 0.1) is 0 Å². The molecule has 0 spiro atoms. The molecule has 0 N–H and O–H groups in total. The minimum absolute atomic E-state index is 0.000854. The molecule has 1 amide bonds. The summed E-state index contributed by atoms with van der Waals surface area (Å²) in [4.78, 5) is 42.5. The van der Waals surface area contributed by atoms with Gasteiger partial charge in [-0.2, -0.15) is 0 Å². The molecule has 2 aromatic rings. The van der Waals surface area contributed by atoms with Crippen molar-refractivity contribution in [3.05, 3.63) is 27.2 Å². The van der Waals surface area contributed by atoms with Crippen LogP contribution in [0.3, 0.4) is 0 Å². The molecule has 3 rings (SSSR count). The third kappa shape index (κ3) is 2.56. The van der Waals surface area contributed by atoms with Crippen LogP contribution in [-0.2, 0) is 30.2 Å². The van der Waals surface area contributed by atoms with E-state index in [9.17, 15) is 14.4 Å². The lowest BCUT2D eigenvalue weighted by Gasteiger charge is -2.31. The predicted molar refractivity (Wildman–Crippen MR) is 82.2 cm³/mol. The molecule has 9 nitrogen and oxygen atoms in total. The van der Waals surface area contributed by atoms with E-state index in [1.165, 1.54) is 22.5 Å². The predicted octanol–water partition coefficient (Wildman–Crippen LogP) is -1.32. The summed E-state index contributed by atoms with van der Waals surface area (Å²) in [7, 11) is 2.96. The lowest BCUT2D eigenvalue weighted by molar-refractivity contribution is -0.138. The Labute approximate surface area is 131 Å². The maximum atomic E-state index is 12.4. The van der Waals surface area contributed by atoms with Gasteiger partial charge in [-0.25, -0.2) is 9.78 Å². The van der Waals surface area contributed by atoms with Crippen molar-refractivity contribution < 1.29 is 9.53 Å². The minimum Gasteiger partial charge on any atom is -0.375 e. The summed E-state index contributed by atoms with van der Waals surface area (Å²) in [6.45, 7) is 3.50. The standard InChI is InChI=1S/C14H19N5O4/c1-9-6-18(4-5-23-9)10(20)7-19-8-15-12-11(19)13(21)17(3)14(22)16(12)2/h8-9H,4-7H2,1-3H3/t9-/m1/s1. The molecule has 124 valence electrons. The van der Waals surface area contributed by atoms with E-state index in [2.05, 4.69) is 4.98 Å². The molecule has 0 aromatic carbocycles. The van der Waals surface area contributed by atoms with E-state index in [4.69, 9.17) is 4.74 Å². The summed E-state index contributed by atoms with van der Waals surface area (Å²) in [5.41, 5.74) is -0.365. The van der Waals surface area contributed by atoms with Crippen LogP contribution in [0.25, 0.3) is 11.2 Å². The lowest BCUT2D eigenvalue weighted by atomic mass is 10.3. The smallest absolute Gasteiger partial charge is 0.332 e. The van der Waals surface area contributed by atoms with Gasteiger partial charge in [-0.3, -0.25) is 18.7 Å². The highest BCUT2D eigenvalue weighted by atomic mass is 16.5. The van der Waals surface area contributed by atoms with Gasteiger partial charge < -0.3 is 14.2 Å². The molecule has 9 heteroatoms. The van der Waals surface area contributed by atoms with Crippen molar-refractivity contribution in [2.45, 2.75) is 19.6 Å². The molecular weight excluding hydrogens is 302 g/mol. The second kappa shape index (κ2) is 5.65. The fourth-order valence-electron chi connectivity index (χ4n) is 2.81. The summed E-state index contributed by atoms with van der Waals surface area (Å²) < 4.78 is 9.24. The zero-order chi connectivity index (χ0) is 16.7. The number of imidazole rings is 1. The second-order valence-corrected chi connectivity index (χ2v) is 5.77. The number of carbonyl (C=O) groups excluding carboxylic acids is 1. The van der Waals surface area contributed by atoms with E-state index in [-0.39, 0.29) is 29.7 Å². The average Bonchev–Trinajstić information content (AvgIpc) is 2.94. The number of rotatable bonds is 2. The largest absolute Gasteiger partial charge is 0.375 e. The number of hydrogen-bond acceptors (Lipinski definition) is 5. The number of amides is 1. The third-order valence-electron chi connectivity index (χ3n) is 4.12. The number of carbonyl (C=O) groups is 1. The van der Waals surface area contributed by atoms with Crippen LogP contribution in [0.2, 0.25) is 0 Å². The van der Waals surface area contributed by atoms with Crippen molar-refractivity contribution in [1.29, 1.82) is 0 Å². The molecule has 0 bridgehead atoms. The highest BCUT2D eigenvalue weighted by Gasteiger charge is 2.23. The highest BCUT2D eigenvalue weighted by Crippen LogP contribution is 2.09. The van der Waals surface area contributed by atoms with E-state index in [1.54, 1.807) is 11.9 Å². The van der Waals surface area contributed by atoms with Gasteiger partial charge in [-0.05, 0) is 6.92 Å². The summed E-state index contributed by atoms with van der Waals surface area (Å²) in [5, 5.41) is 0. The molecule has 0 radical (unpaired) electrons. The lowest BCUT2D eigenvalue weighted by Crippen LogP contribution is -2.46. The highest BCUT2D eigenvalue weighted by molar-refractivity contribution is 5.79. The van der Waals surface area contributed by atoms with E-state index >= 15 is 0 Å². The Bertz CT molecular complexity index is 878. The normalized spacial score (nSPS) is 18.6. The maximum Gasteiger partial charge on any atom is 0.332 e. The first-order chi connectivity index (χ1) is 10.9. The first kappa shape index (κ1) is 15.5. The molecule has 0 saturated carbocycles. The second-order valence-electron chi connectivity index (χ2n) is 5.77. The Hall–Kier alpha value is -2.42. The monoisotopic (exact) mass is 321 g/mol. The summed E-state index contributed by atoms with van der Waals surface area (Å²) in [6, 6.07) is 0. The maximum absolute atomic E-state index is 12.4. The molecule has 1 fully saturated rings. The van der Waals surface area contributed by atoms with Crippen molar-refractivity contribution in [1.82, 2.24) is 23.6 Å². The fraction of sp³-hybridized carbons (Fsp3) is 0.571. The molecule has 23 heavy (non-hydrogen) atoms. The summed E-state index contributed by atoms with van der Waals surface area (Å²) in [5.74, 6) is -0.102. The first-order valence-electron chi connectivity index (χ1n) is 7.40. The van der Waals surface area contributed by atoms with Crippen LogP contribution in [0.5, 0.6) is 0 Å². The van der Waals surface area contributed by atoms with Crippen molar-refractivity contribution in [2.75, 3.05) is 19.7 Å². The van der Waals surface area contributed by atoms with Gasteiger partial charge in [0.1, 0.15) is 6.54 Å². The zero-order valence-corrected chi connectivity index (χ0v) is 13.4. The van der Waals surface area contributed by atoms with E-state index < -0.39 is 11.2 Å². The van der Waals surface area contributed by atoms with Gasteiger partial charge in [0.05, 0.1) is 19.0 Å². The SMILES string of the molecule is C[C@@H]1CN(C(=O)Cn2cnc3c2c(=O)n(C)c(=O)n3C)CCO1. The number of hydrogen-bond donors (Lipinski definition) is 0. The topological polar surface area (TPSA) is 91.4 Å². The Kier molecular flexibility index (Phi) is 3.80. The Balaban J connectivity index is 1.97. The minimum atomic E-state index is -0.455.